The van der Waals surface area contributed by atoms with Crippen molar-refractivity contribution in [3.8, 4) is 0 Å². The number of nitrogens with zero attached hydrogens (tertiary/aromatic N) is 3. The molecule has 136 valence electrons. The van der Waals surface area contributed by atoms with Crippen molar-refractivity contribution in [2.24, 2.45) is 7.05 Å². The number of fused-ring (bicyclic) bond motifs is 1. The number of aromatic amines is 1. The van der Waals surface area contributed by atoms with Gasteiger partial charge in [0, 0.05) is 27.2 Å². The van der Waals surface area contributed by atoms with Gasteiger partial charge >= 0.3 is 5.69 Å². The fourth-order valence-electron chi connectivity index (χ4n) is 3.10. The van der Waals surface area contributed by atoms with Crippen LogP contribution in [0.3, 0.4) is 0 Å². The van der Waals surface area contributed by atoms with Crippen LogP contribution in [0.1, 0.15) is 32.6 Å². The zero-order valence-electron chi connectivity index (χ0n) is 14.8. The first kappa shape index (κ1) is 18.5. The molecule has 3 N–H and O–H groups in total. The van der Waals surface area contributed by atoms with Crippen molar-refractivity contribution in [1.82, 2.24) is 14.9 Å². The second-order valence-electron chi connectivity index (χ2n) is 6.45. The van der Waals surface area contributed by atoms with Crippen molar-refractivity contribution >= 4 is 11.5 Å². The number of rotatable bonds is 9. The molecule has 1 unspecified atom stereocenters. The number of aromatic nitrogens is 2. The summed E-state index contributed by atoms with van der Waals surface area (Å²) in [5.41, 5.74) is -0.187. The molecular weight excluding hydrogens is 310 g/mol. The number of hydrogen-bond donors (Lipinski definition) is 3. The molecule has 1 aromatic rings. The minimum Gasteiger partial charge on any atom is -0.392 e. The van der Waals surface area contributed by atoms with E-state index in [1.54, 1.807) is 7.05 Å². The summed E-state index contributed by atoms with van der Waals surface area (Å²) in [7, 11) is 3.52. The first-order valence-corrected chi connectivity index (χ1v) is 8.63. The van der Waals surface area contributed by atoms with E-state index in [0.717, 1.165) is 38.8 Å². The Labute approximate surface area is 142 Å². The predicted octanol–water partition coefficient (Wildman–Crippen LogP) is -0.182. The molecule has 1 aromatic heterocycles. The van der Waals surface area contributed by atoms with Crippen molar-refractivity contribution in [3.63, 3.8) is 0 Å². The molecule has 0 aromatic carbocycles. The Hall–Kier alpha value is -1.80. The molecule has 0 saturated carbocycles. The van der Waals surface area contributed by atoms with E-state index >= 15 is 0 Å². The highest BCUT2D eigenvalue weighted by Gasteiger charge is 2.29. The zero-order chi connectivity index (χ0) is 17.7. The Bertz CT molecular complexity index is 654. The lowest BCUT2D eigenvalue weighted by Gasteiger charge is -2.20. The summed E-state index contributed by atoms with van der Waals surface area (Å²) in [5, 5.41) is 13.1. The number of aliphatic hydroxyl groups excluding tert-OH is 1. The quantitative estimate of drug-likeness (QED) is 0.540. The van der Waals surface area contributed by atoms with Crippen LogP contribution in [0.4, 0.5) is 11.5 Å². The Morgan fingerprint density at radius 2 is 2.04 bits per heavy atom. The van der Waals surface area contributed by atoms with Crippen LogP contribution in [-0.4, -0.2) is 54.1 Å². The van der Waals surface area contributed by atoms with Gasteiger partial charge in [-0.3, -0.25) is 14.3 Å². The van der Waals surface area contributed by atoms with Crippen LogP contribution in [0.15, 0.2) is 9.59 Å². The summed E-state index contributed by atoms with van der Waals surface area (Å²) in [4.78, 5) is 30.1. The Morgan fingerprint density at radius 1 is 1.29 bits per heavy atom. The molecule has 1 aliphatic heterocycles. The van der Waals surface area contributed by atoms with Gasteiger partial charge in [-0.1, -0.05) is 6.92 Å². The molecule has 1 aliphatic rings. The van der Waals surface area contributed by atoms with Gasteiger partial charge < -0.3 is 20.2 Å². The Balaban J connectivity index is 1.88. The fraction of sp³-hybridized carbons (Fsp3) is 0.750. The number of unbranched alkanes of at least 4 members (excludes halogenated alkanes) is 1. The van der Waals surface area contributed by atoms with Gasteiger partial charge in [0.1, 0.15) is 11.5 Å². The third-order valence-corrected chi connectivity index (χ3v) is 4.36. The van der Waals surface area contributed by atoms with Crippen LogP contribution < -0.4 is 26.4 Å². The van der Waals surface area contributed by atoms with Crippen LogP contribution in [0, 0.1) is 0 Å². The Morgan fingerprint density at radius 3 is 2.75 bits per heavy atom. The largest absolute Gasteiger partial charge is 0.392 e. The minimum absolute atomic E-state index is 0.322. The highest BCUT2D eigenvalue weighted by atomic mass is 16.3. The summed E-state index contributed by atoms with van der Waals surface area (Å²) in [6.45, 7) is 5.01. The second-order valence-corrected chi connectivity index (χ2v) is 6.45. The van der Waals surface area contributed by atoms with E-state index in [9.17, 15) is 14.7 Å². The van der Waals surface area contributed by atoms with Crippen LogP contribution >= 0.6 is 0 Å². The second kappa shape index (κ2) is 8.34. The number of hydrogen-bond acceptors (Lipinski definition) is 6. The maximum Gasteiger partial charge on any atom is 0.329 e. The molecule has 24 heavy (non-hydrogen) atoms. The van der Waals surface area contributed by atoms with Crippen molar-refractivity contribution < 1.29 is 5.11 Å². The maximum atomic E-state index is 12.0. The van der Waals surface area contributed by atoms with Crippen LogP contribution in [0.25, 0.3) is 0 Å². The van der Waals surface area contributed by atoms with E-state index in [2.05, 4.69) is 17.2 Å². The third-order valence-electron chi connectivity index (χ3n) is 4.36. The summed E-state index contributed by atoms with van der Waals surface area (Å²) in [6.07, 6.45) is 3.30. The molecule has 2 rings (SSSR count). The van der Waals surface area contributed by atoms with E-state index < -0.39 is 5.69 Å². The van der Waals surface area contributed by atoms with E-state index in [0.29, 0.717) is 24.7 Å². The molecule has 0 bridgehead atoms. The van der Waals surface area contributed by atoms with E-state index in [1.807, 2.05) is 16.8 Å². The third kappa shape index (κ3) is 4.18. The first-order valence-electron chi connectivity index (χ1n) is 8.63. The summed E-state index contributed by atoms with van der Waals surface area (Å²) < 4.78 is 1.49. The average molecular weight is 339 g/mol. The normalized spacial score (nSPS) is 15.0. The summed E-state index contributed by atoms with van der Waals surface area (Å²) >= 11 is 0. The molecular formula is C16H29N5O3. The van der Waals surface area contributed by atoms with Crippen LogP contribution in [-0.2, 0) is 7.05 Å². The standard InChI is InChI=1S/C16H29N5O3/c1-4-8-17-10-12(22)7-5-6-9-21-11-19(2)13-14(23)18-16(24)20(3)15(13)21/h12,17,22H,4-11H2,1-3H3,(H,18,23,24). The maximum absolute atomic E-state index is 12.0. The molecule has 0 saturated heterocycles. The molecule has 0 aliphatic carbocycles. The molecule has 8 nitrogen and oxygen atoms in total. The van der Waals surface area contributed by atoms with Gasteiger partial charge in [0.25, 0.3) is 5.56 Å². The predicted molar refractivity (Wildman–Crippen MR) is 95.9 cm³/mol. The van der Waals surface area contributed by atoms with Gasteiger partial charge in [-0.05, 0) is 32.2 Å². The lowest BCUT2D eigenvalue weighted by Crippen LogP contribution is -2.33. The van der Waals surface area contributed by atoms with Crippen molar-refractivity contribution in [2.75, 3.05) is 43.2 Å². The molecule has 1 atom stereocenters. The zero-order valence-corrected chi connectivity index (χ0v) is 14.8. The fourth-order valence-corrected chi connectivity index (χ4v) is 3.10. The molecule has 0 amide bonds. The molecule has 0 radical (unpaired) electrons. The smallest absolute Gasteiger partial charge is 0.329 e. The van der Waals surface area contributed by atoms with Crippen LogP contribution in [0.2, 0.25) is 0 Å². The number of aliphatic hydroxyl groups is 1. The van der Waals surface area contributed by atoms with Gasteiger partial charge in [0.05, 0.1) is 12.8 Å². The summed E-state index contributed by atoms with van der Waals surface area (Å²) in [5.74, 6) is 0.677. The summed E-state index contributed by atoms with van der Waals surface area (Å²) in [6, 6.07) is 0. The molecule has 0 spiro atoms. The first-order chi connectivity index (χ1) is 11.5. The number of H-pyrrole nitrogens is 1. The van der Waals surface area contributed by atoms with E-state index in [-0.39, 0.29) is 11.7 Å². The van der Waals surface area contributed by atoms with Crippen molar-refractivity contribution in [1.29, 1.82) is 0 Å². The number of nitrogens with one attached hydrogen (secondary N) is 2. The highest BCUT2D eigenvalue weighted by Crippen LogP contribution is 2.29. The lowest BCUT2D eigenvalue weighted by molar-refractivity contribution is 0.158. The van der Waals surface area contributed by atoms with E-state index in [1.165, 1.54) is 4.57 Å². The molecule has 0 fully saturated rings. The lowest BCUT2D eigenvalue weighted by atomic mass is 10.1. The van der Waals surface area contributed by atoms with E-state index in [4.69, 9.17) is 0 Å². The van der Waals surface area contributed by atoms with Gasteiger partial charge in [0.15, 0.2) is 0 Å². The topological polar surface area (TPSA) is 93.6 Å². The average Bonchev–Trinajstić information content (AvgIpc) is 2.87. The van der Waals surface area contributed by atoms with Gasteiger partial charge in [-0.15, -0.1) is 0 Å². The highest BCUT2D eigenvalue weighted by molar-refractivity contribution is 5.71. The molecule has 2 heterocycles. The van der Waals surface area contributed by atoms with Gasteiger partial charge in [0.2, 0.25) is 0 Å². The van der Waals surface area contributed by atoms with Gasteiger partial charge in [-0.2, -0.15) is 0 Å². The monoisotopic (exact) mass is 339 g/mol. The van der Waals surface area contributed by atoms with Crippen LogP contribution in [0.5, 0.6) is 0 Å². The van der Waals surface area contributed by atoms with Crippen molar-refractivity contribution in [3.05, 3.63) is 20.8 Å². The SMILES string of the molecule is CCCNCC(O)CCCCN1CN(C)c2c1n(C)c(=O)[nH]c2=O. The molecule has 8 heteroatoms. The number of anilines is 2. The minimum atomic E-state index is -0.392. The van der Waals surface area contributed by atoms with Crippen molar-refractivity contribution in [2.45, 2.75) is 38.7 Å². The van der Waals surface area contributed by atoms with Gasteiger partial charge in [-0.25, -0.2) is 4.79 Å². The Kier molecular flexibility index (Phi) is 6.44.